The molecule has 2 rings (SSSR count). The van der Waals surface area contributed by atoms with Gasteiger partial charge in [0.1, 0.15) is 0 Å². The third-order valence-corrected chi connectivity index (χ3v) is 2.81. The molecule has 0 heterocycles. The molecule has 0 aliphatic rings. The highest BCUT2D eigenvalue weighted by molar-refractivity contribution is 5.71. The second-order valence-corrected chi connectivity index (χ2v) is 4.49. The first-order valence-corrected chi connectivity index (χ1v) is 5.96. The van der Waals surface area contributed by atoms with Crippen molar-refractivity contribution in [1.82, 2.24) is 0 Å². The molecule has 0 aliphatic carbocycles. The minimum absolute atomic E-state index is 0.794. The molecule has 0 saturated carbocycles. The molecule has 0 unspecified atom stereocenters. The van der Waals surface area contributed by atoms with Gasteiger partial charge in [-0.05, 0) is 35.4 Å². The van der Waals surface area contributed by atoms with E-state index in [-0.39, 0.29) is 0 Å². The molecule has 0 bridgehead atoms. The Kier molecular flexibility index (Phi) is 3.68. The Morgan fingerprint density at radius 2 is 1.22 bits per heavy atom. The van der Waals surface area contributed by atoms with Crippen molar-refractivity contribution in [3.05, 3.63) is 59.7 Å². The number of benzene rings is 2. The van der Waals surface area contributed by atoms with Crippen LogP contribution in [0.1, 0.15) is 11.1 Å². The second-order valence-electron chi connectivity index (χ2n) is 4.49. The maximum Gasteiger partial charge on any atom is 0.0361 e. The maximum atomic E-state index is 5.65. The van der Waals surface area contributed by atoms with Gasteiger partial charge < -0.3 is 10.6 Å². The Morgan fingerprint density at radius 3 is 1.67 bits per heavy atom. The first kappa shape index (κ1) is 12.2. The summed E-state index contributed by atoms with van der Waals surface area (Å²) < 4.78 is 0. The smallest absolute Gasteiger partial charge is 0.0361 e. The fraction of sp³-hybridized carbons (Fsp3) is 0.125. The number of rotatable bonds is 3. The Hall–Kier alpha value is -2.22. The minimum Gasteiger partial charge on any atom is -0.399 e. The number of anilines is 2. The van der Waals surface area contributed by atoms with E-state index in [1.165, 1.54) is 11.3 Å². The van der Waals surface area contributed by atoms with Crippen LogP contribution in [0, 0.1) is 0 Å². The minimum atomic E-state index is 0.794. The lowest BCUT2D eigenvalue weighted by Crippen LogP contribution is -2.07. The van der Waals surface area contributed by atoms with E-state index in [0.717, 1.165) is 11.3 Å². The van der Waals surface area contributed by atoms with Crippen LogP contribution in [0.4, 0.5) is 11.4 Å². The van der Waals surface area contributed by atoms with Crippen LogP contribution in [0.5, 0.6) is 0 Å². The van der Waals surface area contributed by atoms with E-state index in [2.05, 4.69) is 41.3 Å². The zero-order valence-corrected chi connectivity index (χ0v) is 10.8. The number of nitrogens with two attached hydrogens (primary N) is 1. The molecule has 92 valence electrons. The van der Waals surface area contributed by atoms with Crippen LogP contribution in [0.2, 0.25) is 0 Å². The van der Waals surface area contributed by atoms with Crippen molar-refractivity contribution in [2.45, 2.75) is 0 Å². The molecule has 2 aromatic carbocycles. The van der Waals surface area contributed by atoms with E-state index in [1.807, 2.05) is 38.4 Å². The summed E-state index contributed by atoms with van der Waals surface area (Å²) in [5.74, 6) is 0. The quantitative estimate of drug-likeness (QED) is 0.655. The summed E-state index contributed by atoms with van der Waals surface area (Å²) in [4.78, 5) is 2.09. The van der Waals surface area contributed by atoms with Crippen LogP contribution >= 0.6 is 0 Å². The summed E-state index contributed by atoms with van der Waals surface area (Å²) in [6, 6.07) is 16.3. The van der Waals surface area contributed by atoms with Crippen molar-refractivity contribution >= 4 is 23.5 Å². The van der Waals surface area contributed by atoms with Gasteiger partial charge in [-0.25, -0.2) is 0 Å². The average molecular weight is 238 g/mol. The Balaban J connectivity index is 2.11. The highest BCUT2D eigenvalue weighted by atomic mass is 15.1. The molecule has 0 radical (unpaired) electrons. The van der Waals surface area contributed by atoms with E-state index in [1.54, 1.807) is 0 Å². The van der Waals surface area contributed by atoms with Crippen LogP contribution in [0.15, 0.2) is 48.5 Å². The van der Waals surface area contributed by atoms with Gasteiger partial charge in [0.2, 0.25) is 0 Å². The molecular formula is C16H18N2. The van der Waals surface area contributed by atoms with Crippen molar-refractivity contribution in [1.29, 1.82) is 0 Å². The topological polar surface area (TPSA) is 29.3 Å². The van der Waals surface area contributed by atoms with Crippen molar-refractivity contribution in [2.75, 3.05) is 24.7 Å². The van der Waals surface area contributed by atoms with Crippen molar-refractivity contribution < 1.29 is 0 Å². The van der Waals surface area contributed by atoms with Gasteiger partial charge in [0.15, 0.2) is 0 Å². The summed E-state index contributed by atoms with van der Waals surface area (Å²) in [5.41, 5.74) is 10.00. The highest BCUT2D eigenvalue weighted by Gasteiger charge is 1.93. The third-order valence-electron chi connectivity index (χ3n) is 2.81. The Morgan fingerprint density at radius 1 is 0.778 bits per heavy atom. The number of hydrogen-bond acceptors (Lipinski definition) is 2. The summed E-state index contributed by atoms with van der Waals surface area (Å²) in [6.07, 6.45) is 4.19. The highest BCUT2D eigenvalue weighted by Crippen LogP contribution is 2.15. The van der Waals surface area contributed by atoms with Gasteiger partial charge in [-0.3, -0.25) is 0 Å². The lowest BCUT2D eigenvalue weighted by Gasteiger charge is -2.11. The lowest BCUT2D eigenvalue weighted by molar-refractivity contribution is 1.13. The molecular weight excluding hydrogens is 220 g/mol. The number of nitrogens with zero attached hydrogens (tertiary/aromatic N) is 1. The molecule has 0 fully saturated rings. The normalized spacial score (nSPS) is 10.8. The predicted octanol–water partition coefficient (Wildman–Crippen LogP) is 3.51. The van der Waals surface area contributed by atoms with E-state index >= 15 is 0 Å². The van der Waals surface area contributed by atoms with Gasteiger partial charge in [0.05, 0.1) is 0 Å². The predicted molar refractivity (Wildman–Crippen MR) is 80.6 cm³/mol. The monoisotopic (exact) mass is 238 g/mol. The standard InChI is InChI=1S/C16H18N2/c1-18(2)16-11-7-14(8-12-16)4-3-13-5-9-15(17)10-6-13/h3-12H,17H2,1-2H3/b4-3+. The summed E-state index contributed by atoms with van der Waals surface area (Å²) in [5, 5.41) is 0. The molecule has 2 nitrogen and oxygen atoms in total. The van der Waals surface area contributed by atoms with Crippen LogP contribution in [0.25, 0.3) is 12.2 Å². The molecule has 2 N–H and O–H groups in total. The van der Waals surface area contributed by atoms with Gasteiger partial charge in [0, 0.05) is 25.5 Å². The fourth-order valence-corrected chi connectivity index (χ4v) is 1.68. The largest absolute Gasteiger partial charge is 0.399 e. The second kappa shape index (κ2) is 5.41. The lowest BCUT2D eigenvalue weighted by atomic mass is 10.1. The molecule has 0 aliphatic heterocycles. The zero-order valence-electron chi connectivity index (χ0n) is 10.8. The van der Waals surface area contributed by atoms with Gasteiger partial charge in [-0.15, -0.1) is 0 Å². The van der Waals surface area contributed by atoms with Crippen LogP contribution < -0.4 is 10.6 Å². The van der Waals surface area contributed by atoms with Crippen LogP contribution in [-0.2, 0) is 0 Å². The molecule has 0 aromatic heterocycles. The summed E-state index contributed by atoms with van der Waals surface area (Å²) in [7, 11) is 4.08. The van der Waals surface area contributed by atoms with Gasteiger partial charge in [-0.2, -0.15) is 0 Å². The van der Waals surface area contributed by atoms with Gasteiger partial charge >= 0.3 is 0 Å². The SMILES string of the molecule is CN(C)c1ccc(/C=C/c2ccc(N)cc2)cc1. The first-order chi connectivity index (χ1) is 8.65. The van der Waals surface area contributed by atoms with Crippen molar-refractivity contribution in [3.8, 4) is 0 Å². The van der Waals surface area contributed by atoms with E-state index in [9.17, 15) is 0 Å². The van der Waals surface area contributed by atoms with Crippen molar-refractivity contribution in [3.63, 3.8) is 0 Å². The van der Waals surface area contributed by atoms with Gasteiger partial charge in [-0.1, -0.05) is 36.4 Å². The van der Waals surface area contributed by atoms with Gasteiger partial charge in [0.25, 0.3) is 0 Å². The number of nitrogen functional groups attached to an aromatic ring is 1. The maximum absolute atomic E-state index is 5.65. The van der Waals surface area contributed by atoms with E-state index in [4.69, 9.17) is 5.73 Å². The Labute approximate surface area is 108 Å². The molecule has 18 heavy (non-hydrogen) atoms. The Bertz CT molecular complexity index is 522. The molecule has 0 atom stereocenters. The first-order valence-electron chi connectivity index (χ1n) is 5.96. The summed E-state index contributed by atoms with van der Waals surface area (Å²) >= 11 is 0. The molecule has 0 amide bonds. The molecule has 0 saturated heterocycles. The summed E-state index contributed by atoms with van der Waals surface area (Å²) in [6.45, 7) is 0. The average Bonchev–Trinajstić information content (AvgIpc) is 2.38. The zero-order chi connectivity index (χ0) is 13.0. The van der Waals surface area contributed by atoms with E-state index in [0.29, 0.717) is 0 Å². The van der Waals surface area contributed by atoms with Crippen LogP contribution in [-0.4, -0.2) is 14.1 Å². The van der Waals surface area contributed by atoms with E-state index < -0.39 is 0 Å². The molecule has 0 spiro atoms. The van der Waals surface area contributed by atoms with Crippen molar-refractivity contribution in [2.24, 2.45) is 0 Å². The molecule has 2 aromatic rings. The third kappa shape index (κ3) is 3.14. The molecule has 2 heteroatoms. The number of hydrogen-bond donors (Lipinski definition) is 1. The van der Waals surface area contributed by atoms with Crippen LogP contribution in [0.3, 0.4) is 0 Å². The fourth-order valence-electron chi connectivity index (χ4n) is 1.68.